The summed E-state index contributed by atoms with van der Waals surface area (Å²) < 4.78 is 2.08. The van der Waals surface area contributed by atoms with Crippen molar-refractivity contribution < 1.29 is 4.79 Å². The van der Waals surface area contributed by atoms with E-state index < -0.39 is 0 Å². The molecule has 0 radical (unpaired) electrons. The summed E-state index contributed by atoms with van der Waals surface area (Å²) in [5.74, 6) is 0.708. The van der Waals surface area contributed by atoms with Gasteiger partial charge in [-0.2, -0.15) is 5.26 Å². The molecule has 142 valence electrons. The molecule has 1 heterocycles. The Morgan fingerprint density at radius 2 is 1.69 bits per heavy atom. The van der Waals surface area contributed by atoms with E-state index in [1.54, 1.807) is 31.1 Å². The van der Waals surface area contributed by atoms with E-state index in [0.29, 0.717) is 11.1 Å². The van der Waals surface area contributed by atoms with Gasteiger partial charge in [-0.3, -0.25) is 9.36 Å². The standard InChI is InChI=1S/C24H20N4O/c1-16-4-11-20(12-5-16)28-22-13-10-19(24(29)27(2)3)14-21(22)26-23(28)18-8-6-17(15-25)7-9-18/h4-14H,1-3H3. The molecule has 0 aliphatic carbocycles. The highest BCUT2D eigenvalue weighted by molar-refractivity contribution is 5.98. The Hall–Kier alpha value is -3.91. The third kappa shape index (κ3) is 3.37. The monoisotopic (exact) mass is 380 g/mol. The molecule has 3 aromatic carbocycles. The summed E-state index contributed by atoms with van der Waals surface area (Å²) in [4.78, 5) is 18.8. The highest BCUT2D eigenvalue weighted by atomic mass is 16.2. The molecule has 1 amide bonds. The van der Waals surface area contributed by atoms with Gasteiger partial charge in [0.2, 0.25) is 0 Å². The lowest BCUT2D eigenvalue weighted by Crippen LogP contribution is -2.21. The van der Waals surface area contributed by atoms with Gasteiger partial charge in [-0.05, 0) is 61.5 Å². The Bertz CT molecular complexity index is 1240. The van der Waals surface area contributed by atoms with Gasteiger partial charge >= 0.3 is 0 Å². The predicted octanol–water partition coefficient (Wildman–Crippen LogP) is 4.57. The lowest BCUT2D eigenvalue weighted by atomic mass is 10.1. The van der Waals surface area contributed by atoms with Crippen LogP contribution in [0.1, 0.15) is 21.5 Å². The maximum Gasteiger partial charge on any atom is 0.253 e. The molecule has 0 spiro atoms. The van der Waals surface area contributed by atoms with Crippen LogP contribution in [0.25, 0.3) is 28.1 Å². The average molecular weight is 380 g/mol. The molecular weight excluding hydrogens is 360 g/mol. The molecule has 0 fully saturated rings. The van der Waals surface area contributed by atoms with Crippen molar-refractivity contribution in [2.45, 2.75) is 6.92 Å². The van der Waals surface area contributed by atoms with Crippen LogP contribution < -0.4 is 0 Å². The third-order valence-electron chi connectivity index (χ3n) is 4.87. The van der Waals surface area contributed by atoms with E-state index in [9.17, 15) is 4.79 Å². The van der Waals surface area contributed by atoms with Crippen molar-refractivity contribution in [2.75, 3.05) is 14.1 Å². The van der Waals surface area contributed by atoms with Gasteiger partial charge in [0.1, 0.15) is 5.82 Å². The smallest absolute Gasteiger partial charge is 0.253 e. The Kier molecular flexibility index (Phi) is 4.61. The fourth-order valence-corrected chi connectivity index (χ4v) is 3.31. The van der Waals surface area contributed by atoms with E-state index in [4.69, 9.17) is 10.2 Å². The average Bonchev–Trinajstić information content (AvgIpc) is 3.12. The van der Waals surface area contributed by atoms with Crippen LogP contribution >= 0.6 is 0 Å². The zero-order chi connectivity index (χ0) is 20.5. The van der Waals surface area contributed by atoms with Crippen LogP contribution in [0.2, 0.25) is 0 Å². The molecule has 5 nitrogen and oxygen atoms in total. The molecule has 4 rings (SSSR count). The number of fused-ring (bicyclic) bond motifs is 1. The summed E-state index contributed by atoms with van der Waals surface area (Å²) in [7, 11) is 3.47. The van der Waals surface area contributed by atoms with Crippen LogP contribution in [0.3, 0.4) is 0 Å². The quantitative estimate of drug-likeness (QED) is 0.523. The summed E-state index contributed by atoms with van der Waals surface area (Å²) in [6.45, 7) is 2.05. The summed E-state index contributed by atoms with van der Waals surface area (Å²) in [5, 5.41) is 9.09. The molecule has 0 aliphatic heterocycles. The second-order valence-electron chi connectivity index (χ2n) is 7.20. The molecule has 0 saturated heterocycles. The first kappa shape index (κ1) is 18.5. The predicted molar refractivity (Wildman–Crippen MR) is 114 cm³/mol. The van der Waals surface area contributed by atoms with Gasteiger partial charge in [0.05, 0.1) is 22.7 Å². The lowest BCUT2D eigenvalue weighted by Gasteiger charge is -2.11. The molecule has 0 atom stereocenters. The first-order valence-electron chi connectivity index (χ1n) is 9.29. The fraction of sp³-hybridized carbons (Fsp3) is 0.125. The van der Waals surface area contributed by atoms with Crippen LogP contribution in [0.4, 0.5) is 0 Å². The number of aryl methyl sites for hydroxylation is 1. The minimum absolute atomic E-state index is 0.0586. The highest BCUT2D eigenvalue weighted by Gasteiger charge is 2.17. The number of benzene rings is 3. The Morgan fingerprint density at radius 3 is 2.31 bits per heavy atom. The first-order valence-corrected chi connectivity index (χ1v) is 9.29. The highest BCUT2D eigenvalue weighted by Crippen LogP contribution is 2.29. The Balaban J connectivity index is 1.96. The van der Waals surface area contributed by atoms with Crippen LogP contribution in [0.5, 0.6) is 0 Å². The van der Waals surface area contributed by atoms with Crippen molar-refractivity contribution in [3.63, 3.8) is 0 Å². The van der Waals surface area contributed by atoms with Gasteiger partial charge in [0.15, 0.2) is 0 Å². The van der Waals surface area contributed by atoms with Crippen LogP contribution in [-0.2, 0) is 0 Å². The first-order chi connectivity index (χ1) is 14.0. The van der Waals surface area contributed by atoms with Gasteiger partial charge in [0, 0.05) is 30.9 Å². The molecule has 29 heavy (non-hydrogen) atoms. The number of aromatic nitrogens is 2. The topological polar surface area (TPSA) is 61.9 Å². The van der Waals surface area contributed by atoms with Gasteiger partial charge in [-0.25, -0.2) is 4.98 Å². The number of nitriles is 1. The third-order valence-corrected chi connectivity index (χ3v) is 4.87. The van der Waals surface area contributed by atoms with Gasteiger partial charge in [-0.15, -0.1) is 0 Å². The molecule has 0 unspecified atom stereocenters. The lowest BCUT2D eigenvalue weighted by molar-refractivity contribution is 0.0827. The number of hydrogen-bond acceptors (Lipinski definition) is 3. The molecule has 0 bridgehead atoms. The molecule has 5 heteroatoms. The number of rotatable bonds is 3. The van der Waals surface area contributed by atoms with E-state index in [1.165, 1.54) is 5.56 Å². The largest absolute Gasteiger partial charge is 0.345 e. The zero-order valence-electron chi connectivity index (χ0n) is 16.5. The Labute approximate surface area is 169 Å². The minimum Gasteiger partial charge on any atom is -0.345 e. The summed E-state index contributed by atoms with van der Waals surface area (Å²) in [5.41, 5.74) is 5.94. The number of amides is 1. The van der Waals surface area contributed by atoms with E-state index in [0.717, 1.165) is 28.1 Å². The van der Waals surface area contributed by atoms with E-state index >= 15 is 0 Å². The maximum atomic E-state index is 12.4. The van der Waals surface area contributed by atoms with Crippen molar-refractivity contribution in [1.29, 1.82) is 5.26 Å². The molecule has 0 aliphatic rings. The number of imidazole rings is 1. The molecular formula is C24H20N4O. The summed E-state index contributed by atoms with van der Waals surface area (Å²) in [6.07, 6.45) is 0. The number of carbonyl (C=O) groups is 1. The van der Waals surface area contributed by atoms with Gasteiger partial charge in [-0.1, -0.05) is 17.7 Å². The van der Waals surface area contributed by atoms with Crippen molar-refractivity contribution in [1.82, 2.24) is 14.5 Å². The molecule has 0 saturated carbocycles. The Morgan fingerprint density at radius 1 is 1.00 bits per heavy atom. The fourth-order valence-electron chi connectivity index (χ4n) is 3.31. The second kappa shape index (κ2) is 7.25. The van der Waals surface area contributed by atoms with Crippen molar-refractivity contribution in [3.8, 4) is 23.1 Å². The van der Waals surface area contributed by atoms with Crippen LogP contribution in [-0.4, -0.2) is 34.5 Å². The number of carbonyl (C=O) groups excluding carboxylic acids is 1. The molecule has 0 N–H and O–H groups in total. The van der Waals surface area contributed by atoms with Crippen LogP contribution in [0.15, 0.2) is 66.7 Å². The van der Waals surface area contributed by atoms with Crippen molar-refractivity contribution >= 4 is 16.9 Å². The normalized spacial score (nSPS) is 10.7. The summed E-state index contributed by atoms with van der Waals surface area (Å²) >= 11 is 0. The maximum absolute atomic E-state index is 12.4. The minimum atomic E-state index is -0.0586. The second-order valence-corrected chi connectivity index (χ2v) is 7.20. The van der Waals surface area contributed by atoms with E-state index in [2.05, 4.69) is 41.8 Å². The number of nitrogens with zero attached hydrogens (tertiary/aromatic N) is 4. The number of hydrogen-bond donors (Lipinski definition) is 0. The van der Waals surface area contributed by atoms with E-state index in [1.807, 2.05) is 30.3 Å². The molecule has 1 aromatic heterocycles. The van der Waals surface area contributed by atoms with Crippen LogP contribution in [0, 0.1) is 18.3 Å². The molecule has 4 aromatic rings. The van der Waals surface area contributed by atoms with E-state index in [-0.39, 0.29) is 5.91 Å². The van der Waals surface area contributed by atoms with Crippen molar-refractivity contribution in [2.24, 2.45) is 0 Å². The van der Waals surface area contributed by atoms with Crippen molar-refractivity contribution in [3.05, 3.63) is 83.4 Å². The summed E-state index contributed by atoms with van der Waals surface area (Å²) in [6, 6.07) is 23.4. The zero-order valence-corrected chi connectivity index (χ0v) is 16.5. The van der Waals surface area contributed by atoms with Gasteiger partial charge < -0.3 is 4.90 Å². The van der Waals surface area contributed by atoms with Gasteiger partial charge in [0.25, 0.3) is 5.91 Å². The SMILES string of the molecule is Cc1ccc(-n2c(-c3ccc(C#N)cc3)nc3cc(C(=O)N(C)C)ccc32)cc1.